The van der Waals surface area contributed by atoms with Gasteiger partial charge in [0.25, 0.3) is 0 Å². The van der Waals surface area contributed by atoms with E-state index < -0.39 is 6.10 Å². The molecule has 1 atom stereocenters. The van der Waals surface area contributed by atoms with Gasteiger partial charge >= 0.3 is 0 Å². The van der Waals surface area contributed by atoms with Gasteiger partial charge in [0.15, 0.2) is 0 Å². The van der Waals surface area contributed by atoms with Crippen LogP contribution in [0.5, 0.6) is 5.75 Å². The third kappa shape index (κ3) is 2.59. The molecule has 0 bridgehead atoms. The molecule has 0 saturated heterocycles. The van der Waals surface area contributed by atoms with Crippen LogP contribution >= 0.6 is 27.5 Å². The average Bonchev–Trinajstić information content (AvgIpc) is 2.17. The normalized spacial score (nSPS) is 12.6. The van der Waals surface area contributed by atoms with E-state index >= 15 is 0 Å². The van der Waals surface area contributed by atoms with Crippen LogP contribution in [0.2, 0.25) is 5.02 Å². The van der Waals surface area contributed by atoms with Crippen molar-refractivity contribution in [2.24, 2.45) is 0 Å². The maximum atomic E-state index is 9.49. The molecule has 1 aromatic rings. The van der Waals surface area contributed by atoms with Gasteiger partial charge in [0.2, 0.25) is 0 Å². The summed E-state index contributed by atoms with van der Waals surface area (Å²) in [6.45, 7) is 0. The van der Waals surface area contributed by atoms with Crippen LogP contribution in [0.4, 0.5) is 0 Å². The number of hydrogen-bond donors (Lipinski definition) is 1. The molecule has 0 amide bonds. The number of ether oxygens (including phenoxy) is 1. The highest BCUT2D eigenvalue weighted by atomic mass is 79.9. The van der Waals surface area contributed by atoms with Crippen molar-refractivity contribution >= 4 is 27.5 Å². The third-order valence-corrected chi connectivity index (χ3v) is 2.63. The van der Waals surface area contributed by atoms with Crippen molar-refractivity contribution in [3.63, 3.8) is 0 Å². The fourth-order valence-electron chi connectivity index (χ4n) is 0.973. The first kappa shape index (κ1) is 10.8. The highest BCUT2D eigenvalue weighted by molar-refractivity contribution is 9.09. The molecule has 2 nitrogen and oxygen atoms in total. The third-order valence-electron chi connectivity index (χ3n) is 1.71. The summed E-state index contributed by atoms with van der Waals surface area (Å²) in [4.78, 5) is 0. The number of methoxy groups -OCH3 is 1. The topological polar surface area (TPSA) is 29.5 Å². The molecular formula is C9H10BrClO2. The number of aliphatic hydroxyl groups excluding tert-OH is 1. The fraction of sp³-hybridized carbons (Fsp3) is 0.333. The molecule has 13 heavy (non-hydrogen) atoms. The number of hydrogen-bond acceptors (Lipinski definition) is 2. The Morgan fingerprint density at radius 2 is 2.31 bits per heavy atom. The van der Waals surface area contributed by atoms with Gasteiger partial charge in [-0.25, -0.2) is 0 Å². The van der Waals surface area contributed by atoms with Crippen LogP contribution in [0, 0.1) is 0 Å². The van der Waals surface area contributed by atoms with Crippen molar-refractivity contribution in [3.05, 3.63) is 28.8 Å². The van der Waals surface area contributed by atoms with Gasteiger partial charge in [-0.05, 0) is 17.7 Å². The van der Waals surface area contributed by atoms with E-state index in [4.69, 9.17) is 16.3 Å². The molecule has 1 aromatic carbocycles. The summed E-state index contributed by atoms with van der Waals surface area (Å²) in [5.41, 5.74) is 0.790. The van der Waals surface area contributed by atoms with Gasteiger partial charge in [0.1, 0.15) is 5.75 Å². The first-order valence-corrected chi connectivity index (χ1v) is 5.26. The molecule has 0 aliphatic heterocycles. The average molecular weight is 266 g/mol. The molecule has 0 fully saturated rings. The SMILES string of the molecule is COc1cc(C(O)CBr)ccc1Cl. The number of alkyl halides is 1. The Labute approximate surface area is 90.6 Å². The van der Waals surface area contributed by atoms with E-state index in [1.165, 1.54) is 0 Å². The molecule has 1 rings (SSSR count). The molecular weight excluding hydrogens is 255 g/mol. The van der Waals surface area contributed by atoms with Gasteiger partial charge in [-0.1, -0.05) is 33.6 Å². The highest BCUT2D eigenvalue weighted by Gasteiger charge is 2.08. The predicted molar refractivity (Wildman–Crippen MR) is 56.8 cm³/mol. The molecule has 0 spiro atoms. The van der Waals surface area contributed by atoms with Crippen LogP contribution in [-0.4, -0.2) is 17.5 Å². The number of benzene rings is 1. The summed E-state index contributed by atoms with van der Waals surface area (Å²) >= 11 is 9.02. The van der Waals surface area contributed by atoms with Crippen molar-refractivity contribution in [2.45, 2.75) is 6.10 Å². The minimum atomic E-state index is -0.522. The predicted octanol–water partition coefficient (Wildman–Crippen LogP) is 2.78. The first-order valence-electron chi connectivity index (χ1n) is 3.76. The van der Waals surface area contributed by atoms with E-state index in [-0.39, 0.29) is 0 Å². The summed E-state index contributed by atoms with van der Waals surface area (Å²) in [7, 11) is 1.55. The van der Waals surface area contributed by atoms with E-state index in [0.29, 0.717) is 16.1 Å². The van der Waals surface area contributed by atoms with Gasteiger partial charge in [-0.2, -0.15) is 0 Å². The Kier molecular flexibility index (Phi) is 4.03. The summed E-state index contributed by atoms with van der Waals surface area (Å²) in [5.74, 6) is 0.583. The molecule has 0 aliphatic carbocycles. The monoisotopic (exact) mass is 264 g/mol. The minimum Gasteiger partial charge on any atom is -0.495 e. The maximum Gasteiger partial charge on any atom is 0.137 e. The van der Waals surface area contributed by atoms with E-state index in [9.17, 15) is 5.11 Å². The van der Waals surface area contributed by atoms with Crippen molar-refractivity contribution < 1.29 is 9.84 Å². The Morgan fingerprint density at radius 3 is 2.85 bits per heavy atom. The second kappa shape index (κ2) is 4.84. The van der Waals surface area contributed by atoms with Crippen LogP contribution in [-0.2, 0) is 0 Å². The lowest BCUT2D eigenvalue weighted by molar-refractivity contribution is 0.205. The second-order valence-electron chi connectivity index (χ2n) is 2.56. The summed E-state index contributed by atoms with van der Waals surface area (Å²) in [6, 6.07) is 5.21. The molecule has 72 valence electrons. The van der Waals surface area contributed by atoms with Crippen LogP contribution in [0.25, 0.3) is 0 Å². The number of halogens is 2. The van der Waals surface area contributed by atoms with Crippen LogP contribution in [0.15, 0.2) is 18.2 Å². The largest absolute Gasteiger partial charge is 0.495 e. The van der Waals surface area contributed by atoms with Crippen molar-refractivity contribution in [3.8, 4) is 5.75 Å². The standard InChI is InChI=1S/C9H10BrClO2/c1-13-9-4-6(8(12)5-10)2-3-7(9)11/h2-4,8,12H,5H2,1H3. The molecule has 0 aliphatic rings. The number of aliphatic hydroxyl groups is 1. The molecule has 1 unspecified atom stereocenters. The molecule has 0 saturated carbocycles. The Balaban J connectivity index is 2.99. The molecule has 4 heteroatoms. The van der Waals surface area contributed by atoms with Crippen molar-refractivity contribution in [2.75, 3.05) is 12.4 Å². The van der Waals surface area contributed by atoms with Gasteiger partial charge in [0.05, 0.1) is 18.2 Å². The van der Waals surface area contributed by atoms with Crippen LogP contribution in [0.1, 0.15) is 11.7 Å². The van der Waals surface area contributed by atoms with Gasteiger partial charge in [-0.3, -0.25) is 0 Å². The quantitative estimate of drug-likeness (QED) is 0.852. The van der Waals surface area contributed by atoms with E-state index in [1.807, 2.05) is 0 Å². The lowest BCUT2D eigenvalue weighted by Crippen LogP contribution is -1.98. The van der Waals surface area contributed by atoms with E-state index in [0.717, 1.165) is 5.56 Å². The number of rotatable bonds is 3. The fourth-order valence-corrected chi connectivity index (χ4v) is 1.54. The molecule has 1 N–H and O–H groups in total. The second-order valence-corrected chi connectivity index (χ2v) is 3.62. The minimum absolute atomic E-state index is 0.498. The summed E-state index contributed by atoms with van der Waals surface area (Å²) in [5, 5.41) is 10.5. The van der Waals surface area contributed by atoms with Crippen LogP contribution in [0.3, 0.4) is 0 Å². The van der Waals surface area contributed by atoms with Crippen molar-refractivity contribution in [1.82, 2.24) is 0 Å². The van der Waals surface area contributed by atoms with Crippen LogP contribution < -0.4 is 4.74 Å². The van der Waals surface area contributed by atoms with Gasteiger partial charge in [-0.15, -0.1) is 0 Å². The van der Waals surface area contributed by atoms with Gasteiger partial charge in [0, 0.05) is 5.33 Å². The summed E-state index contributed by atoms with van der Waals surface area (Å²) in [6.07, 6.45) is -0.522. The highest BCUT2D eigenvalue weighted by Crippen LogP contribution is 2.28. The zero-order valence-electron chi connectivity index (χ0n) is 7.13. The Morgan fingerprint density at radius 1 is 1.62 bits per heavy atom. The van der Waals surface area contributed by atoms with Crippen molar-refractivity contribution in [1.29, 1.82) is 0 Å². The lowest BCUT2D eigenvalue weighted by Gasteiger charge is -2.09. The smallest absolute Gasteiger partial charge is 0.137 e. The maximum absolute atomic E-state index is 9.49. The summed E-state index contributed by atoms with van der Waals surface area (Å²) < 4.78 is 5.02. The van der Waals surface area contributed by atoms with E-state index in [2.05, 4.69) is 15.9 Å². The van der Waals surface area contributed by atoms with E-state index in [1.54, 1.807) is 25.3 Å². The zero-order chi connectivity index (χ0) is 9.84. The molecule has 0 aromatic heterocycles. The van der Waals surface area contributed by atoms with Gasteiger partial charge < -0.3 is 9.84 Å². The Bertz CT molecular complexity index is 291. The zero-order valence-corrected chi connectivity index (χ0v) is 9.47. The lowest BCUT2D eigenvalue weighted by atomic mass is 10.1. The Hall–Kier alpha value is -0.250. The first-order chi connectivity index (χ1) is 6.19. The molecule has 0 radical (unpaired) electrons. The molecule has 0 heterocycles.